The summed E-state index contributed by atoms with van der Waals surface area (Å²) in [5.74, 6) is -0.877. The van der Waals surface area contributed by atoms with Crippen LogP contribution in [0.15, 0.2) is 36.5 Å². The number of hydrogen-bond acceptors (Lipinski definition) is 6. The summed E-state index contributed by atoms with van der Waals surface area (Å²) in [5, 5.41) is 0. The van der Waals surface area contributed by atoms with Gasteiger partial charge in [0.15, 0.2) is 6.10 Å². The number of allylic oxidation sites excluding steroid dienone is 6. The van der Waals surface area contributed by atoms with E-state index in [4.69, 9.17) is 14.2 Å². The van der Waals surface area contributed by atoms with Gasteiger partial charge in [0.2, 0.25) is 0 Å². The summed E-state index contributed by atoms with van der Waals surface area (Å²) in [6.07, 6.45) is 64.1. The van der Waals surface area contributed by atoms with Crippen molar-refractivity contribution < 1.29 is 28.6 Å². The summed E-state index contributed by atoms with van der Waals surface area (Å²) in [6, 6.07) is 0. The van der Waals surface area contributed by atoms with Crippen LogP contribution in [-0.4, -0.2) is 37.2 Å². The smallest absolute Gasteiger partial charge is 0.306 e. The quantitative estimate of drug-likeness (QED) is 0.0262. The van der Waals surface area contributed by atoms with Crippen LogP contribution in [0.4, 0.5) is 0 Å². The first-order valence-corrected chi connectivity index (χ1v) is 28.5. The van der Waals surface area contributed by atoms with Gasteiger partial charge in [-0.25, -0.2) is 0 Å². The molecule has 0 spiro atoms. The third-order valence-corrected chi connectivity index (χ3v) is 12.6. The third-order valence-electron chi connectivity index (χ3n) is 12.6. The molecule has 0 aliphatic heterocycles. The van der Waals surface area contributed by atoms with Gasteiger partial charge in [-0.2, -0.15) is 0 Å². The van der Waals surface area contributed by atoms with Gasteiger partial charge in [-0.05, 0) is 96.3 Å². The number of unbranched alkanes of at least 4 members (excludes halogenated alkanes) is 35. The number of carbonyl (C=O) groups is 3. The Balaban J connectivity index is 4.35. The number of ether oxygens (including phenoxy) is 3. The molecule has 0 bridgehead atoms. The first-order chi connectivity index (χ1) is 32.0. The molecule has 0 saturated heterocycles. The largest absolute Gasteiger partial charge is 0.462 e. The highest BCUT2D eigenvalue weighted by molar-refractivity contribution is 5.71. The predicted molar refractivity (Wildman–Crippen MR) is 279 cm³/mol. The Kier molecular flexibility index (Phi) is 52.3. The maximum atomic E-state index is 12.8. The molecule has 0 saturated carbocycles. The molecule has 0 unspecified atom stereocenters. The molecule has 65 heavy (non-hydrogen) atoms. The first kappa shape index (κ1) is 62.6. The zero-order valence-corrected chi connectivity index (χ0v) is 43.5. The van der Waals surface area contributed by atoms with E-state index in [0.29, 0.717) is 19.3 Å². The van der Waals surface area contributed by atoms with E-state index >= 15 is 0 Å². The van der Waals surface area contributed by atoms with Crippen LogP contribution in [0, 0.1) is 0 Å². The average molecular weight is 914 g/mol. The van der Waals surface area contributed by atoms with Gasteiger partial charge >= 0.3 is 17.9 Å². The Morgan fingerprint density at radius 2 is 0.508 bits per heavy atom. The van der Waals surface area contributed by atoms with Gasteiger partial charge in [0.05, 0.1) is 0 Å². The van der Waals surface area contributed by atoms with Gasteiger partial charge < -0.3 is 14.2 Å². The van der Waals surface area contributed by atoms with Crippen LogP contribution in [0.3, 0.4) is 0 Å². The fourth-order valence-electron chi connectivity index (χ4n) is 8.25. The van der Waals surface area contributed by atoms with Gasteiger partial charge in [-0.15, -0.1) is 0 Å². The van der Waals surface area contributed by atoms with E-state index in [-0.39, 0.29) is 31.1 Å². The highest BCUT2D eigenvalue weighted by atomic mass is 16.6. The molecule has 0 N–H and O–H groups in total. The fraction of sp³-hybridized carbons (Fsp3) is 0.847. The zero-order chi connectivity index (χ0) is 47.2. The molecule has 0 radical (unpaired) electrons. The molecule has 6 heteroatoms. The zero-order valence-electron chi connectivity index (χ0n) is 43.5. The van der Waals surface area contributed by atoms with Crippen molar-refractivity contribution >= 4 is 17.9 Å². The van der Waals surface area contributed by atoms with Crippen LogP contribution < -0.4 is 0 Å². The molecule has 380 valence electrons. The molecule has 0 aromatic rings. The summed E-state index contributed by atoms with van der Waals surface area (Å²) in [4.78, 5) is 38.1. The summed E-state index contributed by atoms with van der Waals surface area (Å²) in [6.45, 7) is 6.63. The lowest BCUT2D eigenvalue weighted by atomic mass is 10.1. The predicted octanol–water partition coefficient (Wildman–Crippen LogP) is 18.9. The Labute approximate surface area is 404 Å². The maximum Gasteiger partial charge on any atom is 0.306 e. The van der Waals surface area contributed by atoms with Crippen molar-refractivity contribution in [3.63, 3.8) is 0 Å². The molecule has 0 aromatic heterocycles. The van der Waals surface area contributed by atoms with Crippen LogP contribution in [0.2, 0.25) is 0 Å². The molecule has 0 heterocycles. The molecular formula is C59H108O6. The fourth-order valence-corrected chi connectivity index (χ4v) is 8.25. The second-order valence-electron chi connectivity index (χ2n) is 19.2. The summed E-state index contributed by atoms with van der Waals surface area (Å²) in [5.41, 5.74) is 0. The number of hydrogen-bond donors (Lipinski definition) is 0. The van der Waals surface area contributed by atoms with Crippen molar-refractivity contribution in [2.45, 2.75) is 309 Å². The minimum atomic E-state index is -0.776. The molecule has 0 amide bonds. The first-order valence-electron chi connectivity index (χ1n) is 28.5. The Morgan fingerprint density at radius 1 is 0.292 bits per heavy atom. The summed E-state index contributed by atoms with van der Waals surface area (Å²) < 4.78 is 16.9. The van der Waals surface area contributed by atoms with Gasteiger partial charge in [-0.1, -0.05) is 224 Å². The standard InChI is InChI=1S/C59H108O6/c1-4-7-10-13-16-19-22-25-27-28-29-30-32-35-38-41-44-47-50-53-59(62)65-56(54-63-57(60)51-48-45-42-39-36-33-24-21-18-15-12-9-6-3)55-64-58(61)52-49-46-43-40-37-34-31-26-23-20-17-14-11-8-5-2/h20-21,23-25,27,56H,4-19,22,26,28-55H2,1-3H3/b23-20-,24-21-,27-25-/t56-/m0/s1. The number of rotatable bonds is 52. The van der Waals surface area contributed by atoms with Crippen molar-refractivity contribution in [1.82, 2.24) is 0 Å². The van der Waals surface area contributed by atoms with Crippen molar-refractivity contribution in [3.05, 3.63) is 36.5 Å². The van der Waals surface area contributed by atoms with Crippen LogP contribution >= 0.6 is 0 Å². The monoisotopic (exact) mass is 913 g/mol. The van der Waals surface area contributed by atoms with Gasteiger partial charge in [0.1, 0.15) is 13.2 Å². The van der Waals surface area contributed by atoms with E-state index in [9.17, 15) is 14.4 Å². The highest BCUT2D eigenvalue weighted by Gasteiger charge is 2.19. The lowest BCUT2D eigenvalue weighted by Gasteiger charge is -2.18. The SMILES string of the molecule is CCCCCC/C=C\CCCCCCCCCC(=O)OC[C@H](COC(=O)CCCCCCC/C=C\CCCCCC)OC(=O)CCCCCCCCCCC/C=C\CCCCCCCC. The lowest BCUT2D eigenvalue weighted by molar-refractivity contribution is -0.167. The van der Waals surface area contributed by atoms with Crippen molar-refractivity contribution in [2.24, 2.45) is 0 Å². The minimum Gasteiger partial charge on any atom is -0.462 e. The Hall–Kier alpha value is -2.37. The summed E-state index contributed by atoms with van der Waals surface area (Å²) >= 11 is 0. The minimum absolute atomic E-state index is 0.0757. The topological polar surface area (TPSA) is 78.9 Å². The Morgan fingerprint density at radius 3 is 0.785 bits per heavy atom. The maximum absolute atomic E-state index is 12.8. The van der Waals surface area contributed by atoms with Gasteiger partial charge in [0, 0.05) is 19.3 Å². The average Bonchev–Trinajstić information content (AvgIpc) is 3.30. The molecule has 0 rings (SSSR count). The second kappa shape index (κ2) is 54.2. The van der Waals surface area contributed by atoms with Crippen molar-refractivity contribution in [3.8, 4) is 0 Å². The van der Waals surface area contributed by atoms with E-state index in [0.717, 1.165) is 64.2 Å². The highest BCUT2D eigenvalue weighted by Crippen LogP contribution is 2.16. The van der Waals surface area contributed by atoms with Crippen LogP contribution in [0.1, 0.15) is 303 Å². The van der Waals surface area contributed by atoms with E-state index in [1.165, 1.54) is 199 Å². The lowest BCUT2D eigenvalue weighted by Crippen LogP contribution is -2.30. The second-order valence-corrected chi connectivity index (χ2v) is 19.2. The van der Waals surface area contributed by atoms with Crippen molar-refractivity contribution in [1.29, 1.82) is 0 Å². The van der Waals surface area contributed by atoms with Crippen LogP contribution in [0.25, 0.3) is 0 Å². The van der Waals surface area contributed by atoms with Crippen LogP contribution in [-0.2, 0) is 28.6 Å². The summed E-state index contributed by atoms with van der Waals surface area (Å²) in [7, 11) is 0. The van der Waals surface area contributed by atoms with Crippen LogP contribution in [0.5, 0.6) is 0 Å². The molecule has 0 fully saturated rings. The molecule has 0 aliphatic carbocycles. The number of carbonyl (C=O) groups excluding carboxylic acids is 3. The van der Waals surface area contributed by atoms with Crippen molar-refractivity contribution in [2.75, 3.05) is 13.2 Å². The normalized spacial score (nSPS) is 12.2. The molecule has 1 atom stereocenters. The molecule has 0 aromatic carbocycles. The molecule has 6 nitrogen and oxygen atoms in total. The van der Waals surface area contributed by atoms with E-state index in [2.05, 4.69) is 57.2 Å². The molecular weight excluding hydrogens is 805 g/mol. The van der Waals surface area contributed by atoms with E-state index in [1.54, 1.807) is 0 Å². The third kappa shape index (κ3) is 52.5. The molecule has 0 aliphatic rings. The van der Waals surface area contributed by atoms with Gasteiger partial charge in [0.25, 0.3) is 0 Å². The van der Waals surface area contributed by atoms with E-state index in [1.807, 2.05) is 0 Å². The van der Waals surface area contributed by atoms with Gasteiger partial charge in [-0.3, -0.25) is 14.4 Å². The van der Waals surface area contributed by atoms with E-state index < -0.39 is 6.10 Å². The Bertz CT molecular complexity index is 1090. The number of esters is 3.